The largest absolute Gasteiger partial charge is 1.00 e. The van der Waals surface area contributed by atoms with E-state index in [0.29, 0.717) is 0 Å². The normalized spacial score (nSPS) is 9.00. The molecule has 0 nitrogen and oxygen atoms in total. The Hall–Kier alpha value is 1.65. The van der Waals surface area contributed by atoms with Gasteiger partial charge in [-0.3, -0.25) is 0 Å². The van der Waals surface area contributed by atoms with Crippen LogP contribution in [-0.2, 0) is 18.3 Å². The van der Waals surface area contributed by atoms with Gasteiger partial charge >= 0.3 is 97.6 Å². The Morgan fingerprint density at radius 3 is 2.27 bits per heavy atom. The van der Waals surface area contributed by atoms with Crippen LogP contribution < -0.4 is 42.0 Å². The maximum Gasteiger partial charge on any atom is 1.00 e. The van der Waals surface area contributed by atoms with Gasteiger partial charge in [-0.1, -0.05) is 0 Å². The molecule has 0 saturated carbocycles. The summed E-state index contributed by atoms with van der Waals surface area (Å²) in [7, 11) is 0. The van der Waals surface area contributed by atoms with Crippen molar-refractivity contribution < 1.29 is 60.3 Å². The molecule has 0 aliphatic heterocycles. The maximum absolute atomic E-state index is 2.30. The van der Waals surface area contributed by atoms with Crippen LogP contribution in [0.15, 0.2) is 10.7 Å². The van der Waals surface area contributed by atoms with Crippen LogP contribution in [0.25, 0.3) is 0 Å². The predicted molar refractivity (Wildman–Crippen MR) is 37.9 cm³/mol. The summed E-state index contributed by atoms with van der Waals surface area (Å²) >= 11 is 1.31. The van der Waals surface area contributed by atoms with Gasteiger partial charge in [0.15, 0.2) is 0 Å². The zero-order valence-corrected chi connectivity index (χ0v) is 13.5. The summed E-state index contributed by atoms with van der Waals surface area (Å²) in [6.07, 6.45) is 9.18. The number of allylic oxidation sites excluding steroid dienone is 1. The molecule has 0 aliphatic carbocycles. The SMILES string of the molecule is CCCCCCC=[CH][Zn].[Cl-].[Na+]. The Bertz CT molecular complexity index is 76.5. The van der Waals surface area contributed by atoms with Crippen molar-refractivity contribution in [3.8, 4) is 0 Å². The molecule has 0 aromatic heterocycles. The van der Waals surface area contributed by atoms with E-state index in [1.807, 2.05) is 0 Å². The fourth-order valence-electron chi connectivity index (χ4n) is 0.807. The quantitative estimate of drug-likeness (QED) is 0.352. The summed E-state index contributed by atoms with van der Waals surface area (Å²) in [6, 6.07) is 0. The molecule has 0 radical (unpaired) electrons. The van der Waals surface area contributed by atoms with E-state index in [-0.39, 0.29) is 42.0 Å². The van der Waals surface area contributed by atoms with Crippen molar-refractivity contribution in [3.05, 3.63) is 10.7 Å². The molecular formula is C8H15ClNaZn. The number of hydrogen-bond acceptors (Lipinski definition) is 0. The van der Waals surface area contributed by atoms with E-state index in [9.17, 15) is 0 Å². The van der Waals surface area contributed by atoms with E-state index in [1.54, 1.807) is 0 Å². The van der Waals surface area contributed by atoms with Crippen molar-refractivity contribution in [1.82, 2.24) is 0 Å². The molecule has 3 heteroatoms. The minimum Gasteiger partial charge on any atom is -1.00 e. The first kappa shape index (κ1) is 18.4. The summed E-state index contributed by atoms with van der Waals surface area (Å²) < 4.78 is 2.26. The van der Waals surface area contributed by atoms with E-state index < -0.39 is 0 Å². The van der Waals surface area contributed by atoms with Crippen LogP contribution in [-0.4, -0.2) is 0 Å². The Morgan fingerprint density at radius 2 is 1.82 bits per heavy atom. The monoisotopic (exact) mass is 233 g/mol. The molecule has 0 saturated heterocycles. The molecule has 0 heterocycles. The first-order valence-electron chi connectivity index (χ1n) is 3.86. The predicted octanol–water partition coefficient (Wildman–Crippen LogP) is -2.97. The molecule has 0 fully saturated rings. The van der Waals surface area contributed by atoms with Gasteiger partial charge in [0, 0.05) is 0 Å². The van der Waals surface area contributed by atoms with Crippen molar-refractivity contribution in [1.29, 1.82) is 0 Å². The number of unbranched alkanes of at least 4 members (excludes halogenated alkanes) is 4. The molecule has 0 N–H and O–H groups in total. The zero-order chi connectivity index (χ0) is 6.95. The second-order valence-electron chi connectivity index (χ2n) is 2.32. The van der Waals surface area contributed by atoms with Crippen molar-refractivity contribution >= 4 is 0 Å². The molecule has 0 bridgehead atoms. The average molecular weight is 235 g/mol. The summed E-state index contributed by atoms with van der Waals surface area (Å²) in [5, 5.41) is 0. The second-order valence-corrected chi connectivity index (χ2v) is 3.31. The molecule has 0 atom stereocenters. The molecule has 0 aromatic carbocycles. The van der Waals surface area contributed by atoms with Gasteiger partial charge in [-0.2, -0.15) is 0 Å². The molecule has 0 unspecified atom stereocenters. The summed E-state index contributed by atoms with van der Waals surface area (Å²) in [5.41, 5.74) is 0. The Morgan fingerprint density at radius 1 is 1.18 bits per heavy atom. The molecule has 0 aliphatic rings. The van der Waals surface area contributed by atoms with Gasteiger partial charge < -0.3 is 12.4 Å². The third kappa shape index (κ3) is 18.5. The third-order valence-corrected chi connectivity index (χ3v) is 2.09. The fourth-order valence-corrected chi connectivity index (χ4v) is 1.30. The molecule has 0 aromatic rings. The van der Waals surface area contributed by atoms with E-state index in [2.05, 4.69) is 17.7 Å². The molecule has 0 amide bonds. The standard InChI is InChI=1S/C8H15.ClH.Na.Zn/c1-3-5-7-8-6-4-2;;;/h1,3H,4-8H2,2H3;1H;;/q;;+1;/p-1. The van der Waals surface area contributed by atoms with Gasteiger partial charge in [-0.25, -0.2) is 0 Å². The first-order valence-corrected chi connectivity index (χ1v) is 5.57. The van der Waals surface area contributed by atoms with Crippen molar-refractivity contribution in [2.24, 2.45) is 0 Å². The van der Waals surface area contributed by atoms with Crippen molar-refractivity contribution in [2.45, 2.75) is 39.0 Å². The van der Waals surface area contributed by atoms with Crippen LogP contribution in [0.5, 0.6) is 0 Å². The zero-order valence-electron chi connectivity index (χ0n) is 7.78. The van der Waals surface area contributed by atoms with Gasteiger partial charge in [0.1, 0.15) is 0 Å². The molecule has 0 spiro atoms. The number of halogens is 1. The minimum atomic E-state index is 0. The minimum absolute atomic E-state index is 0. The Labute approximate surface area is 109 Å². The number of hydrogen-bond donors (Lipinski definition) is 0. The molecule has 11 heavy (non-hydrogen) atoms. The topological polar surface area (TPSA) is 0 Å². The van der Waals surface area contributed by atoms with Gasteiger partial charge in [0.25, 0.3) is 0 Å². The van der Waals surface area contributed by atoms with Crippen LogP contribution in [0.3, 0.4) is 0 Å². The van der Waals surface area contributed by atoms with Crippen LogP contribution in [0.1, 0.15) is 39.0 Å². The van der Waals surface area contributed by atoms with Crippen molar-refractivity contribution in [2.75, 3.05) is 0 Å². The number of rotatable bonds is 5. The first-order chi connectivity index (χ1) is 4.41. The van der Waals surface area contributed by atoms with Gasteiger partial charge in [-0.05, 0) is 0 Å². The third-order valence-electron chi connectivity index (χ3n) is 1.39. The Kier molecular flexibility index (Phi) is 29.6. The summed E-state index contributed by atoms with van der Waals surface area (Å²) in [4.78, 5) is 0. The van der Waals surface area contributed by atoms with E-state index in [1.165, 1.54) is 50.4 Å². The van der Waals surface area contributed by atoms with Gasteiger partial charge in [-0.15, -0.1) is 0 Å². The molecule has 57 valence electrons. The molecule has 0 rings (SSSR count). The summed E-state index contributed by atoms with van der Waals surface area (Å²) in [6.45, 7) is 2.25. The van der Waals surface area contributed by atoms with Crippen LogP contribution in [0, 0.1) is 0 Å². The van der Waals surface area contributed by atoms with Crippen LogP contribution in [0.2, 0.25) is 0 Å². The summed E-state index contributed by atoms with van der Waals surface area (Å²) in [5.74, 6) is 0. The average Bonchev–Trinajstić information content (AvgIpc) is 1.89. The second kappa shape index (κ2) is 17.7. The van der Waals surface area contributed by atoms with E-state index in [4.69, 9.17) is 0 Å². The molecular weight excluding hydrogens is 220 g/mol. The Balaban J connectivity index is -0.000000320. The fraction of sp³-hybridized carbons (Fsp3) is 0.750. The van der Waals surface area contributed by atoms with Crippen molar-refractivity contribution in [3.63, 3.8) is 0 Å². The van der Waals surface area contributed by atoms with Crippen LogP contribution >= 0.6 is 0 Å². The van der Waals surface area contributed by atoms with Gasteiger partial charge in [0.2, 0.25) is 0 Å². The van der Waals surface area contributed by atoms with E-state index >= 15 is 0 Å². The van der Waals surface area contributed by atoms with E-state index in [0.717, 1.165) is 0 Å². The van der Waals surface area contributed by atoms with Gasteiger partial charge in [0.05, 0.1) is 0 Å². The van der Waals surface area contributed by atoms with Crippen LogP contribution in [0.4, 0.5) is 0 Å². The maximum atomic E-state index is 2.30. The smallest absolute Gasteiger partial charge is 1.00 e.